The van der Waals surface area contributed by atoms with Crippen LogP contribution in [-0.2, 0) is 14.3 Å². The first-order valence-electron chi connectivity index (χ1n) is 12.5. The van der Waals surface area contributed by atoms with Crippen molar-refractivity contribution < 1.29 is 33.7 Å². The summed E-state index contributed by atoms with van der Waals surface area (Å²) in [6.45, 7) is 1.98. The van der Waals surface area contributed by atoms with E-state index in [1.165, 1.54) is 30.4 Å². The van der Waals surface area contributed by atoms with Crippen LogP contribution in [0, 0.1) is 0 Å². The Labute approximate surface area is 240 Å². The number of anilines is 2. The van der Waals surface area contributed by atoms with Crippen molar-refractivity contribution >= 4 is 52.3 Å². The van der Waals surface area contributed by atoms with E-state index < -0.39 is 17.1 Å². The Morgan fingerprint density at radius 2 is 1.80 bits per heavy atom. The summed E-state index contributed by atoms with van der Waals surface area (Å²) < 4.78 is 15.5. The number of nitrogens with one attached hydrogen (secondary N) is 1. The number of carbonyl (C=O) groups excluding carboxylic acids is 3. The van der Waals surface area contributed by atoms with Crippen LogP contribution >= 0.6 is 11.8 Å². The van der Waals surface area contributed by atoms with Crippen LogP contribution in [-0.4, -0.2) is 60.3 Å². The zero-order chi connectivity index (χ0) is 29.4. The summed E-state index contributed by atoms with van der Waals surface area (Å²) in [4.78, 5) is 39.4. The molecule has 0 bridgehead atoms. The van der Waals surface area contributed by atoms with Crippen molar-refractivity contribution in [3.63, 3.8) is 0 Å². The van der Waals surface area contributed by atoms with E-state index in [0.29, 0.717) is 34.0 Å². The Bertz CT molecular complexity index is 1490. The minimum absolute atomic E-state index is 0.0269. The van der Waals surface area contributed by atoms with E-state index >= 15 is 0 Å². The maximum atomic E-state index is 13.4. The van der Waals surface area contributed by atoms with Crippen LogP contribution in [0.4, 0.5) is 11.4 Å². The van der Waals surface area contributed by atoms with Crippen molar-refractivity contribution in [2.24, 2.45) is 10.2 Å². The second-order valence-electron chi connectivity index (χ2n) is 8.59. The number of methoxy groups -OCH3 is 2. The average Bonchev–Trinajstić information content (AvgIpc) is 3.27. The minimum atomic E-state index is -0.786. The third kappa shape index (κ3) is 7.22. The highest BCUT2D eigenvalue weighted by Crippen LogP contribution is 2.35. The molecule has 1 aliphatic heterocycles. The molecule has 1 fully saturated rings. The highest BCUT2D eigenvalue weighted by Gasteiger charge is 2.40. The zero-order valence-corrected chi connectivity index (χ0v) is 23.4. The van der Waals surface area contributed by atoms with Gasteiger partial charge in [0.2, 0.25) is 11.8 Å². The van der Waals surface area contributed by atoms with Gasteiger partial charge in [-0.2, -0.15) is 5.10 Å². The molecule has 11 nitrogen and oxygen atoms in total. The molecule has 2 N–H and O–H groups in total. The number of esters is 1. The van der Waals surface area contributed by atoms with E-state index in [2.05, 4.69) is 15.5 Å². The number of aromatic hydroxyl groups is 1. The SMILES string of the molecule is CCOC(=O)c1ccc(NC(=O)CC2SC(=NN=Cc3ccc(OC)c(OC)c3)N(c3cccc(O)c3)C2=O)cc1. The number of rotatable bonds is 10. The van der Waals surface area contributed by atoms with E-state index in [1.807, 2.05) is 0 Å². The van der Waals surface area contributed by atoms with E-state index in [1.54, 1.807) is 68.6 Å². The normalized spacial score (nSPS) is 15.8. The molecule has 4 rings (SSSR count). The molecule has 2 amide bonds. The summed E-state index contributed by atoms with van der Waals surface area (Å²) in [5.41, 5.74) is 1.91. The van der Waals surface area contributed by atoms with Gasteiger partial charge in [-0.05, 0) is 67.1 Å². The predicted octanol–water partition coefficient (Wildman–Crippen LogP) is 4.45. The summed E-state index contributed by atoms with van der Waals surface area (Å²) >= 11 is 1.09. The Hall–Kier alpha value is -4.84. The maximum absolute atomic E-state index is 13.4. The van der Waals surface area contributed by atoms with Crippen LogP contribution in [0.2, 0.25) is 0 Å². The molecular formula is C29H28N4O7S. The van der Waals surface area contributed by atoms with Crippen molar-refractivity contribution in [2.75, 3.05) is 31.0 Å². The molecule has 0 aliphatic carbocycles. The van der Waals surface area contributed by atoms with Crippen LogP contribution in [0.1, 0.15) is 29.3 Å². The summed E-state index contributed by atoms with van der Waals surface area (Å²) in [5, 5.41) is 20.6. The summed E-state index contributed by atoms with van der Waals surface area (Å²) in [7, 11) is 3.07. The van der Waals surface area contributed by atoms with Gasteiger partial charge in [0.25, 0.3) is 0 Å². The summed E-state index contributed by atoms with van der Waals surface area (Å²) in [5.74, 6) is -0.164. The van der Waals surface area contributed by atoms with Crippen LogP contribution in [0.3, 0.4) is 0 Å². The Morgan fingerprint density at radius 3 is 2.49 bits per heavy atom. The number of thioether (sulfide) groups is 1. The molecule has 1 saturated heterocycles. The fourth-order valence-electron chi connectivity index (χ4n) is 3.90. The van der Waals surface area contributed by atoms with Gasteiger partial charge in [-0.3, -0.25) is 14.5 Å². The third-order valence-electron chi connectivity index (χ3n) is 5.83. The van der Waals surface area contributed by atoms with Gasteiger partial charge in [0.1, 0.15) is 11.0 Å². The molecule has 0 aromatic heterocycles. The molecule has 3 aromatic carbocycles. The van der Waals surface area contributed by atoms with Gasteiger partial charge in [0.15, 0.2) is 16.7 Å². The molecule has 12 heteroatoms. The van der Waals surface area contributed by atoms with E-state index in [9.17, 15) is 19.5 Å². The number of hydrogen-bond acceptors (Lipinski definition) is 10. The summed E-state index contributed by atoms with van der Waals surface area (Å²) in [6, 6.07) is 17.7. The molecule has 0 radical (unpaired) electrons. The molecule has 3 aromatic rings. The van der Waals surface area contributed by atoms with Gasteiger partial charge in [0.05, 0.1) is 38.3 Å². The lowest BCUT2D eigenvalue weighted by Crippen LogP contribution is -2.33. The quantitative estimate of drug-likeness (QED) is 0.205. The van der Waals surface area contributed by atoms with Crippen LogP contribution in [0.25, 0.3) is 0 Å². The zero-order valence-electron chi connectivity index (χ0n) is 22.6. The van der Waals surface area contributed by atoms with Gasteiger partial charge < -0.3 is 24.6 Å². The summed E-state index contributed by atoms with van der Waals surface area (Å²) in [6.07, 6.45) is 1.36. The Kier molecular flexibility index (Phi) is 9.59. The number of phenolic OH excluding ortho intramolecular Hbond substituents is 1. The Morgan fingerprint density at radius 1 is 1.05 bits per heavy atom. The van der Waals surface area contributed by atoms with Crippen molar-refractivity contribution in [3.05, 3.63) is 77.9 Å². The monoisotopic (exact) mass is 576 g/mol. The van der Waals surface area contributed by atoms with E-state index in [4.69, 9.17) is 14.2 Å². The number of benzene rings is 3. The highest BCUT2D eigenvalue weighted by molar-refractivity contribution is 8.16. The molecule has 1 aliphatic rings. The van der Waals surface area contributed by atoms with Gasteiger partial charge in [0, 0.05) is 18.2 Å². The second-order valence-corrected chi connectivity index (χ2v) is 9.76. The van der Waals surface area contributed by atoms with Crippen molar-refractivity contribution in [1.29, 1.82) is 0 Å². The molecule has 1 unspecified atom stereocenters. The second kappa shape index (κ2) is 13.5. The number of amides is 2. The molecule has 0 saturated carbocycles. The molecule has 212 valence electrons. The van der Waals surface area contributed by atoms with Gasteiger partial charge in [-0.25, -0.2) is 4.79 Å². The number of phenols is 1. The number of nitrogens with zero attached hydrogens (tertiary/aromatic N) is 3. The highest BCUT2D eigenvalue weighted by atomic mass is 32.2. The first kappa shape index (κ1) is 29.2. The lowest BCUT2D eigenvalue weighted by atomic mass is 10.2. The van der Waals surface area contributed by atoms with Gasteiger partial charge >= 0.3 is 5.97 Å². The van der Waals surface area contributed by atoms with Crippen molar-refractivity contribution in [3.8, 4) is 17.2 Å². The van der Waals surface area contributed by atoms with Gasteiger partial charge in [-0.1, -0.05) is 17.8 Å². The number of ether oxygens (including phenoxy) is 3. The molecule has 0 spiro atoms. The Balaban J connectivity index is 1.51. The molecule has 1 atom stereocenters. The van der Waals surface area contributed by atoms with Crippen molar-refractivity contribution in [1.82, 2.24) is 0 Å². The standard InChI is InChI=1S/C29H28N4O7S/c1-4-40-28(37)19-9-11-20(12-10-19)31-26(35)16-25-27(36)33(21-6-5-7-22(34)15-21)29(41-25)32-30-17-18-8-13-23(38-2)24(14-18)39-3/h5-15,17,25,34H,4,16H2,1-3H3,(H,31,35). The third-order valence-corrected chi connectivity index (χ3v) is 6.96. The predicted molar refractivity (Wildman–Crippen MR) is 157 cm³/mol. The first-order chi connectivity index (χ1) is 19.8. The van der Waals surface area contributed by atoms with Crippen molar-refractivity contribution in [2.45, 2.75) is 18.6 Å². The number of hydrogen-bond donors (Lipinski definition) is 2. The number of amidine groups is 1. The lowest BCUT2D eigenvalue weighted by Gasteiger charge is -2.16. The van der Waals surface area contributed by atoms with Crippen LogP contribution in [0.5, 0.6) is 17.2 Å². The number of carbonyl (C=O) groups is 3. The fourth-order valence-corrected chi connectivity index (χ4v) is 4.99. The minimum Gasteiger partial charge on any atom is -0.508 e. The molecular weight excluding hydrogens is 548 g/mol. The maximum Gasteiger partial charge on any atom is 0.338 e. The van der Waals surface area contributed by atoms with E-state index in [-0.39, 0.29) is 29.9 Å². The topological polar surface area (TPSA) is 139 Å². The lowest BCUT2D eigenvalue weighted by molar-refractivity contribution is -0.121. The largest absolute Gasteiger partial charge is 0.508 e. The fraction of sp³-hybridized carbons (Fsp3) is 0.207. The smallest absolute Gasteiger partial charge is 0.338 e. The average molecular weight is 577 g/mol. The van der Waals surface area contributed by atoms with E-state index in [0.717, 1.165) is 11.8 Å². The first-order valence-corrected chi connectivity index (χ1v) is 13.4. The van der Waals surface area contributed by atoms with Gasteiger partial charge in [-0.15, -0.1) is 5.10 Å². The molecule has 41 heavy (non-hydrogen) atoms. The molecule has 1 heterocycles. The van der Waals surface area contributed by atoms with Crippen LogP contribution in [0.15, 0.2) is 76.9 Å². The van der Waals surface area contributed by atoms with Crippen LogP contribution < -0.4 is 19.7 Å².